The molecule has 5 nitrogen and oxygen atoms in total. The average Bonchev–Trinajstić information content (AvgIpc) is 2.55. The van der Waals surface area contributed by atoms with Crippen molar-refractivity contribution >= 4 is 44.6 Å². The molecule has 0 unspecified atom stereocenters. The van der Waals surface area contributed by atoms with Crippen LogP contribution in [0.15, 0.2) is 59.3 Å². The lowest BCUT2D eigenvalue weighted by Crippen LogP contribution is -2.06. The molecule has 3 rings (SSSR count). The molecule has 0 saturated carbocycles. The molecule has 0 aliphatic heterocycles. The van der Waals surface area contributed by atoms with Gasteiger partial charge < -0.3 is 16.4 Å². The molecule has 0 aliphatic carbocycles. The number of hydrogen-bond donors (Lipinski definition) is 3. The van der Waals surface area contributed by atoms with Crippen LogP contribution < -0.4 is 16.4 Å². The van der Waals surface area contributed by atoms with Crippen LogP contribution in [0.4, 0.5) is 33.1 Å². The standard InChI is InChI=1S/C16H13BrFN5/c17-10-5-1-3-7-12(10)22-15-14(19)16(21-9-20-15)23-13-8-4-2-6-11(13)18/h1-9H,19H2,(H2,20,21,22,23). The van der Waals surface area contributed by atoms with Crippen molar-refractivity contribution in [3.05, 3.63) is 65.1 Å². The molecule has 3 aromatic rings. The van der Waals surface area contributed by atoms with Crippen molar-refractivity contribution in [1.82, 2.24) is 9.97 Å². The molecule has 0 radical (unpaired) electrons. The number of rotatable bonds is 4. The molecule has 0 spiro atoms. The van der Waals surface area contributed by atoms with Gasteiger partial charge in [0.15, 0.2) is 11.6 Å². The fraction of sp³-hybridized carbons (Fsp3) is 0. The van der Waals surface area contributed by atoms with E-state index in [4.69, 9.17) is 5.73 Å². The monoisotopic (exact) mass is 373 g/mol. The van der Waals surface area contributed by atoms with Crippen LogP contribution in [0.5, 0.6) is 0 Å². The Morgan fingerprint density at radius 2 is 1.43 bits per heavy atom. The van der Waals surface area contributed by atoms with Crippen molar-refractivity contribution < 1.29 is 4.39 Å². The van der Waals surface area contributed by atoms with E-state index in [-0.39, 0.29) is 5.82 Å². The third kappa shape index (κ3) is 3.40. The summed E-state index contributed by atoms with van der Waals surface area (Å²) in [5.74, 6) is 0.385. The number of para-hydroxylation sites is 2. The maximum Gasteiger partial charge on any atom is 0.159 e. The van der Waals surface area contributed by atoms with Gasteiger partial charge in [-0.2, -0.15) is 0 Å². The molecule has 0 saturated heterocycles. The van der Waals surface area contributed by atoms with Gasteiger partial charge in [-0.25, -0.2) is 14.4 Å². The molecule has 1 aromatic heterocycles. The Labute approximate surface area is 140 Å². The van der Waals surface area contributed by atoms with Gasteiger partial charge in [0.2, 0.25) is 0 Å². The molecule has 7 heteroatoms. The summed E-state index contributed by atoms with van der Waals surface area (Å²) in [6.07, 6.45) is 1.36. The van der Waals surface area contributed by atoms with Gasteiger partial charge >= 0.3 is 0 Å². The maximum atomic E-state index is 13.7. The number of nitrogen functional groups attached to an aromatic ring is 1. The number of halogens is 2. The number of aromatic nitrogens is 2. The Hall–Kier alpha value is -2.67. The topological polar surface area (TPSA) is 75.9 Å². The second-order valence-electron chi connectivity index (χ2n) is 4.69. The number of nitrogens with zero attached hydrogens (tertiary/aromatic N) is 2. The van der Waals surface area contributed by atoms with Crippen LogP contribution >= 0.6 is 15.9 Å². The van der Waals surface area contributed by atoms with E-state index in [1.54, 1.807) is 18.2 Å². The van der Waals surface area contributed by atoms with Gasteiger partial charge in [0.05, 0.1) is 11.4 Å². The molecule has 0 atom stereocenters. The molecule has 4 N–H and O–H groups in total. The van der Waals surface area contributed by atoms with Crippen molar-refractivity contribution in [2.24, 2.45) is 0 Å². The van der Waals surface area contributed by atoms with E-state index in [0.717, 1.165) is 10.2 Å². The maximum absolute atomic E-state index is 13.7. The van der Waals surface area contributed by atoms with Crippen LogP contribution in [-0.2, 0) is 0 Å². The summed E-state index contributed by atoms with van der Waals surface area (Å²) < 4.78 is 14.6. The minimum atomic E-state index is -0.383. The van der Waals surface area contributed by atoms with Crippen LogP contribution in [-0.4, -0.2) is 9.97 Å². The second-order valence-corrected chi connectivity index (χ2v) is 5.55. The van der Waals surface area contributed by atoms with E-state index in [9.17, 15) is 4.39 Å². The van der Waals surface area contributed by atoms with Crippen molar-refractivity contribution in [2.45, 2.75) is 0 Å². The predicted octanol–water partition coefficient (Wildman–Crippen LogP) is 4.45. The molecule has 0 amide bonds. The third-order valence-electron chi connectivity index (χ3n) is 3.14. The van der Waals surface area contributed by atoms with Crippen molar-refractivity contribution in [3.8, 4) is 0 Å². The van der Waals surface area contributed by atoms with E-state index >= 15 is 0 Å². The van der Waals surface area contributed by atoms with Crippen LogP contribution in [0.3, 0.4) is 0 Å². The number of nitrogens with two attached hydrogens (primary N) is 1. The summed E-state index contributed by atoms with van der Waals surface area (Å²) in [6, 6.07) is 13.9. The summed E-state index contributed by atoms with van der Waals surface area (Å²) in [6.45, 7) is 0. The molecular formula is C16H13BrFN5. The smallest absolute Gasteiger partial charge is 0.159 e. The van der Waals surface area contributed by atoms with Gasteiger partial charge in [-0.05, 0) is 40.2 Å². The van der Waals surface area contributed by atoms with Gasteiger partial charge in [-0.1, -0.05) is 24.3 Å². The second kappa shape index (κ2) is 6.62. The highest BCUT2D eigenvalue weighted by atomic mass is 79.9. The summed E-state index contributed by atoms with van der Waals surface area (Å²) in [5, 5.41) is 6.00. The van der Waals surface area contributed by atoms with E-state index in [1.807, 2.05) is 24.3 Å². The van der Waals surface area contributed by atoms with Gasteiger partial charge in [0.25, 0.3) is 0 Å². The number of nitrogens with one attached hydrogen (secondary N) is 2. The Morgan fingerprint density at radius 1 is 0.870 bits per heavy atom. The van der Waals surface area contributed by atoms with E-state index < -0.39 is 0 Å². The fourth-order valence-electron chi connectivity index (χ4n) is 1.98. The van der Waals surface area contributed by atoms with Gasteiger partial charge in [0.1, 0.15) is 17.8 Å². The third-order valence-corrected chi connectivity index (χ3v) is 3.83. The van der Waals surface area contributed by atoms with E-state index in [0.29, 0.717) is 23.0 Å². The number of hydrogen-bond acceptors (Lipinski definition) is 5. The van der Waals surface area contributed by atoms with Crippen molar-refractivity contribution in [3.63, 3.8) is 0 Å². The summed E-state index contributed by atoms with van der Waals surface area (Å²) >= 11 is 3.45. The van der Waals surface area contributed by atoms with Crippen molar-refractivity contribution in [1.29, 1.82) is 0 Å². The highest BCUT2D eigenvalue weighted by Crippen LogP contribution is 2.31. The zero-order valence-electron chi connectivity index (χ0n) is 11.9. The highest BCUT2D eigenvalue weighted by Gasteiger charge is 2.11. The first-order chi connectivity index (χ1) is 11.1. The molecule has 0 bridgehead atoms. The van der Waals surface area contributed by atoms with Gasteiger partial charge in [0, 0.05) is 4.47 Å². The molecule has 2 aromatic carbocycles. The SMILES string of the molecule is Nc1c(Nc2ccccc2F)ncnc1Nc1ccccc1Br. The highest BCUT2D eigenvalue weighted by molar-refractivity contribution is 9.10. The van der Waals surface area contributed by atoms with Gasteiger partial charge in [-0.3, -0.25) is 0 Å². The number of benzene rings is 2. The summed E-state index contributed by atoms with van der Waals surface area (Å²) in [4.78, 5) is 8.21. The molecule has 116 valence electrons. The molecular weight excluding hydrogens is 361 g/mol. The van der Waals surface area contributed by atoms with Crippen LogP contribution in [0.25, 0.3) is 0 Å². The fourth-order valence-corrected chi connectivity index (χ4v) is 2.36. The predicted molar refractivity (Wildman–Crippen MR) is 93.6 cm³/mol. The Kier molecular flexibility index (Phi) is 4.38. The first-order valence-corrected chi connectivity index (χ1v) is 7.58. The first-order valence-electron chi connectivity index (χ1n) is 6.78. The Morgan fingerprint density at radius 3 is 2.09 bits per heavy atom. The molecule has 23 heavy (non-hydrogen) atoms. The lowest BCUT2D eigenvalue weighted by atomic mass is 10.3. The zero-order chi connectivity index (χ0) is 16.2. The zero-order valence-corrected chi connectivity index (χ0v) is 13.5. The lowest BCUT2D eigenvalue weighted by Gasteiger charge is -2.13. The minimum absolute atomic E-state index is 0.296. The van der Waals surface area contributed by atoms with E-state index in [1.165, 1.54) is 12.4 Å². The van der Waals surface area contributed by atoms with E-state index in [2.05, 4.69) is 36.5 Å². The lowest BCUT2D eigenvalue weighted by molar-refractivity contribution is 0.632. The van der Waals surface area contributed by atoms with Crippen LogP contribution in [0.2, 0.25) is 0 Å². The average molecular weight is 374 g/mol. The normalized spacial score (nSPS) is 10.3. The Bertz CT molecular complexity index is 774. The minimum Gasteiger partial charge on any atom is -0.393 e. The van der Waals surface area contributed by atoms with Gasteiger partial charge in [-0.15, -0.1) is 0 Å². The van der Waals surface area contributed by atoms with Crippen molar-refractivity contribution in [2.75, 3.05) is 16.4 Å². The summed E-state index contributed by atoms with van der Waals surface area (Å²) in [7, 11) is 0. The quantitative estimate of drug-likeness (QED) is 0.629. The number of anilines is 5. The molecule has 0 aliphatic rings. The molecule has 0 fully saturated rings. The Balaban J connectivity index is 1.90. The van der Waals surface area contributed by atoms with Crippen LogP contribution in [0, 0.1) is 5.82 Å². The summed E-state index contributed by atoms with van der Waals surface area (Å²) in [5.41, 5.74) is 7.50. The van der Waals surface area contributed by atoms with Crippen LogP contribution in [0.1, 0.15) is 0 Å². The molecule has 1 heterocycles. The first kappa shape index (κ1) is 15.2. The largest absolute Gasteiger partial charge is 0.393 e.